The van der Waals surface area contributed by atoms with E-state index in [0.717, 1.165) is 27.9 Å². The molecule has 0 aromatic carbocycles. The van der Waals surface area contributed by atoms with E-state index in [1.165, 1.54) is 32.9 Å². The second kappa shape index (κ2) is 15.8. The van der Waals surface area contributed by atoms with E-state index in [2.05, 4.69) is 0 Å². The van der Waals surface area contributed by atoms with Gasteiger partial charge in [0.2, 0.25) is 6.29 Å². The van der Waals surface area contributed by atoms with E-state index in [0.29, 0.717) is 10.0 Å². The van der Waals surface area contributed by atoms with Gasteiger partial charge in [0.15, 0.2) is 30.6 Å². The van der Waals surface area contributed by atoms with Crippen molar-refractivity contribution in [3.8, 4) is 0 Å². The quantitative estimate of drug-likeness (QED) is 0.189. The lowest BCUT2D eigenvalue weighted by Gasteiger charge is -2.47. The van der Waals surface area contributed by atoms with Gasteiger partial charge in [-0.1, -0.05) is 0 Å². The first-order valence-corrected chi connectivity index (χ1v) is 13.3. The van der Waals surface area contributed by atoms with Crippen molar-refractivity contribution in [2.24, 2.45) is 0 Å². The van der Waals surface area contributed by atoms with Crippen LogP contribution in [0, 0.1) is 0 Å². The van der Waals surface area contributed by atoms with Crippen molar-refractivity contribution in [2.75, 3.05) is 20.3 Å². The van der Waals surface area contributed by atoms with Gasteiger partial charge in [-0.2, -0.15) is 10.0 Å². The van der Waals surface area contributed by atoms with Gasteiger partial charge >= 0.3 is 36.1 Å². The summed E-state index contributed by atoms with van der Waals surface area (Å²) in [7, 11) is 1.07. The number of hydrazine groups is 1. The second-order valence-corrected chi connectivity index (χ2v) is 9.14. The normalized spacial score (nSPS) is 26.5. The number of nitrogens with zero attached hydrogens (tertiary/aromatic N) is 2. The molecule has 2 amide bonds. The Kier molecular flexibility index (Phi) is 12.9. The van der Waals surface area contributed by atoms with Crippen molar-refractivity contribution in [1.29, 1.82) is 0 Å². The summed E-state index contributed by atoms with van der Waals surface area (Å²) in [5.41, 5.74) is 0. The predicted molar refractivity (Wildman–Crippen MR) is 138 cm³/mol. The maximum absolute atomic E-state index is 13.2. The maximum atomic E-state index is 13.2. The minimum Gasteiger partial charge on any atom is -0.467 e. The predicted octanol–water partition coefficient (Wildman–Crippen LogP) is 0.772. The van der Waals surface area contributed by atoms with Crippen molar-refractivity contribution >= 4 is 41.8 Å². The Morgan fingerprint density at radius 3 is 1.72 bits per heavy atom. The van der Waals surface area contributed by atoms with Crippen LogP contribution in [0.5, 0.6) is 0 Å². The highest BCUT2D eigenvalue weighted by Gasteiger charge is 2.54. The molecule has 1 fully saturated rings. The first-order chi connectivity index (χ1) is 20.2. The minimum atomic E-state index is -1.71. The van der Waals surface area contributed by atoms with Crippen LogP contribution >= 0.6 is 0 Å². The van der Waals surface area contributed by atoms with Gasteiger partial charge in [-0.05, 0) is 32.9 Å². The second-order valence-electron chi connectivity index (χ2n) is 9.14. The molecule has 0 bridgehead atoms. The molecule has 2 aliphatic rings. The lowest BCUT2D eigenvalue weighted by atomic mass is 9.94. The first-order valence-electron chi connectivity index (χ1n) is 13.3. The molecule has 2 heterocycles. The lowest BCUT2D eigenvalue weighted by Crippen LogP contribution is -2.66. The Morgan fingerprint density at radius 1 is 0.721 bits per heavy atom. The number of carbonyl (C=O) groups excluding carboxylic acids is 7. The number of carbonyl (C=O) groups is 7. The Hall–Kier alpha value is -4.25. The average Bonchev–Trinajstić information content (AvgIpc) is 2.91. The fourth-order valence-corrected chi connectivity index (χ4v) is 4.34. The summed E-state index contributed by atoms with van der Waals surface area (Å²) < 4.78 is 42.9. The molecule has 2 aliphatic heterocycles. The molecule has 0 unspecified atom stereocenters. The fraction of sp³-hybridized carbons (Fsp3) is 0.654. The molecule has 7 atom stereocenters. The van der Waals surface area contributed by atoms with Gasteiger partial charge in [0, 0.05) is 27.2 Å². The number of amides is 2. The van der Waals surface area contributed by atoms with Crippen molar-refractivity contribution in [1.82, 2.24) is 10.0 Å². The maximum Gasteiger partial charge on any atom is 0.431 e. The van der Waals surface area contributed by atoms with Crippen LogP contribution in [0.15, 0.2) is 12.2 Å². The van der Waals surface area contributed by atoms with E-state index in [4.69, 9.17) is 37.9 Å². The van der Waals surface area contributed by atoms with Crippen molar-refractivity contribution in [2.45, 2.75) is 90.9 Å². The van der Waals surface area contributed by atoms with Gasteiger partial charge in [0.1, 0.15) is 11.9 Å². The molecule has 1 saturated heterocycles. The van der Waals surface area contributed by atoms with Crippen LogP contribution < -0.4 is 0 Å². The van der Waals surface area contributed by atoms with Crippen molar-refractivity contribution < 1.29 is 71.5 Å². The van der Waals surface area contributed by atoms with Gasteiger partial charge in [-0.3, -0.25) is 19.2 Å². The van der Waals surface area contributed by atoms with Gasteiger partial charge in [-0.15, -0.1) is 0 Å². The van der Waals surface area contributed by atoms with Crippen molar-refractivity contribution in [3.05, 3.63) is 12.2 Å². The van der Waals surface area contributed by atoms with E-state index in [9.17, 15) is 33.6 Å². The van der Waals surface area contributed by atoms with Crippen LogP contribution in [0.1, 0.15) is 48.0 Å². The number of hydrogen-bond donors (Lipinski definition) is 0. The highest BCUT2D eigenvalue weighted by molar-refractivity contribution is 5.85. The zero-order chi connectivity index (χ0) is 32.4. The number of ether oxygens (including phenoxy) is 8. The van der Waals surface area contributed by atoms with Gasteiger partial charge in [0.05, 0.1) is 20.3 Å². The summed E-state index contributed by atoms with van der Waals surface area (Å²) in [5, 5.41) is 1.23. The monoisotopic (exact) mass is 616 g/mol. The Labute approximate surface area is 247 Å². The zero-order valence-electron chi connectivity index (χ0n) is 24.8. The smallest absolute Gasteiger partial charge is 0.431 e. The summed E-state index contributed by atoms with van der Waals surface area (Å²) in [6.45, 7) is 7.11. The van der Waals surface area contributed by atoms with Crippen LogP contribution in [-0.2, 0) is 61.9 Å². The van der Waals surface area contributed by atoms with Gasteiger partial charge in [0.25, 0.3) is 0 Å². The number of rotatable bonds is 10. The standard InChI is InChI=1S/C26H36N2O15/c1-8-37-25(34)27-17(23(33)36-7)10-11-19(28(27)26(35)38-9-2)43-24-22(41-16(6)32)21(40-15(5)31)20(39-14(4)30)18(42-24)12-13(3)29/h10-11,17-22,24H,8-9,12H2,1-7H3/t17-,18+,19+,20-,21-,22-,24-/m0/s1. The number of Topliss-reactive ketones (excluding diaryl/α,β-unsaturated/α-hetero) is 1. The Bertz CT molecular complexity index is 1110. The van der Waals surface area contributed by atoms with E-state index in [1.807, 2.05) is 0 Å². The lowest BCUT2D eigenvalue weighted by molar-refractivity contribution is -0.323. The van der Waals surface area contributed by atoms with Crippen LogP contribution in [0.25, 0.3) is 0 Å². The highest BCUT2D eigenvalue weighted by Crippen LogP contribution is 2.33. The Balaban J connectivity index is 2.67. The minimum absolute atomic E-state index is 0.135. The number of esters is 4. The van der Waals surface area contributed by atoms with E-state index in [-0.39, 0.29) is 19.6 Å². The summed E-state index contributed by atoms with van der Waals surface area (Å²) in [6.07, 6.45) is -9.46. The zero-order valence-corrected chi connectivity index (χ0v) is 24.8. The molecule has 0 aliphatic carbocycles. The third kappa shape index (κ3) is 9.12. The molecule has 17 heteroatoms. The molecule has 240 valence electrons. The first kappa shape index (κ1) is 34.9. The molecule has 17 nitrogen and oxygen atoms in total. The molecule has 2 rings (SSSR count). The van der Waals surface area contributed by atoms with Crippen LogP contribution in [0.2, 0.25) is 0 Å². The van der Waals surface area contributed by atoms with Gasteiger partial charge in [-0.25, -0.2) is 14.4 Å². The summed E-state index contributed by atoms with van der Waals surface area (Å²) in [4.78, 5) is 87.0. The summed E-state index contributed by atoms with van der Waals surface area (Å²) in [5.74, 6) is -3.91. The van der Waals surface area contributed by atoms with E-state index in [1.54, 1.807) is 0 Å². The molecular weight excluding hydrogens is 580 g/mol. The topological polar surface area (TPSA) is 200 Å². The molecule has 43 heavy (non-hydrogen) atoms. The third-order valence-electron chi connectivity index (χ3n) is 5.81. The van der Waals surface area contributed by atoms with E-state index >= 15 is 0 Å². The largest absolute Gasteiger partial charge is 0.467 e. The van der Waals surface area contributed by atoms with E-state index < -0.39 is 84.8 Å². The van der Waals surface area contributed by atoms with Crippen LogP contribution in [-0.4, -0.2) is 115 Å². The van der Waals surface area contributed by atoms with Gasteiger partial charge < -0.3 is 37.9 Å². The van der Waals surface area contributed by atoms with Crippen LogP contribution in [0.3, 0.4) is 0 Å². The molecule has 0 aromatic rings. The molecule has 0 saturated carbocycles. The molecular formula is C26H36N2O15. The van der Waals surface area contributed by atoms with Crippen molar-refractivity contribution in [3.63, 3.8) is 0 Å². The summed E-state index contributed by atoms with van der Waals surface area (Å²) in [6, 6.07) is -1.49. The average molecular weight is 617 g/mol. The third-order valence-corrected chi connectivity index (χ3v) is 5.81. The SMILES string of the molecule is CCOC(=O)N1[C@H](O[C@@H]2O[C@H](CC(C)=O)[C@H](OC(C)=O)[C@H](OC(C)=O)[C@@H]2OC(C)=O)C=C[C@@H](C(=O)OC)N1C(=O)OCC. The number of methoxy groups -OCH3 is 1. The number of hydrogen-bond acceptors (Lipinski definition) is 15. The molecule has 0 radical (unpaired) electrons. The molecule has 0 N–H and O–H groups in total. The molecule has 0 aromatic heterocycles. The number of ketones is 1. The van der Waals surface area contributed by atoms with Crippen LogP contribution in [0.4, 0.5) is 9.59 Å². The summed E-state index contributed by atoms with van der Waals surface area (Å²) >= 11 is 0. The molecule has 0 spiro atoms. The highest BCUT2D eigenvalue weighted by atomic mass is 16.7. The fourth-order valence-electron chi connectivity index (χ4n) is 4.34. The Morgan fingerprint density at radius 2 is 1.23 bits per heavy atom.